The second kappa shape index (κ2) is 5.64. The molecule has 3 heterocycles. The smallest absolute Gasteiger partial charge is 0.273 e. The van der Waals surface area contributed by atoms with E-state index in [1.165, 1.54) is 0 Å². The van der Waals surface area contributed by atoms with Crippen molar-refractivity contribution >= 4 is 5.91 Å². The average Bonchev–Trinajstić information content (AvgIpc) is 3.14. The zero-order valence-electron chi connectivity index (χ0n) is 12.2. The molecule has 0 radical (unpaired) electrons. The van der Waals surface area contributed by atoms with Crippen LogP contribution < -0.4 is 5.32 Å². The molecule has 1 aliphatic carbocycles. The van der Waals surface area contributed by atoms with Gasteiger partial charge in [-0.3, -0.25) is 9.78 Å². The van der Waals surface area contributed by atoms with E-state index in [2.05, 4.69) is 25.8 Å². The Bertz CT molecular complexity index is 821. The van der Waals surface area contributed by atoms with Crippen molar-refractivity contribution in [2.45, 2.75) is 25.3 Å². The number of rotatable bonds is 5. The molecule has 0 unspecified atom stereocenters. The molecule has 23 heavy (non-hydrogen) atoms. The summed E-state index contributed by atoms with van der Waals surface area (Å²) in [7, 11) is 0. The van der Waals surface area contributed by atoms with Crippen molar-refractivity contribution in [1.29, 1.82) is 0 Å². The zero-order valence-corrected chi connectivity index (χ0v) is 12.2. The standard InChI is InChI=1S/C15H14N6O2/c22-15(13-6-14(23-19-13)10-3-4-10)17-7-11-9-21(20-18-11)12-2-1-5-16-8-12/h1-2,5-6,8-10H,3-4,7H2,(H,17,22). The molecule has 1 fully saturated rings. The highest BCUT2D eigenvalue weighted by Crippen LogP contribution is 2.40. The van der Waals surface area contributed by atoms with Crippen molar-refractivity contribution in [2.75, 3.05) is 0 Å². The number of pyridine rings is 1. The second-order valence-corrected chi connectivity index (χ2v) is 5.44. The van der Waals surface area contributed by atoms with Crippen molar-refractivity contribution in [2.24, 2.45) is 0 Å². The van der Waals surface area contributed by atoms with E-state index in [0.29, 0.717) is 17.3 Å². The Morgan fingerprint density at radius 3 is 3.13 bits per heavy atom. The molecule has 3 aromatic rings. The molecular formula is C15H14N6O2. The van der Waals surface area contributed by atoms with Crippen LogP contribution in [0.4, 0.5) is 0 Å². The third kappa shape index (κ3) is 2.96. The van der Waals surface area contributed by atoms with Gasteiger partial charge in [-0.1, -0.05) is 10.4 Å². The molecule has 0 saturated heterocycles. The molecule has 1 N–H and O–H groups in total. The molecule has 0 aliphatic heterocycles. The SMILES string of the molecule is O=C(NCc1cn(-c2cccnc2)nn1)c1cc(C2CC2)on1. The van der Waals surface area contributed by atoms with Gasteiger partial charge in [0.2, 0.25) is 0 Å². The maximum absolute atomic E-state index is 12.1. The first-order valence-electron chi connectivity index (χ1n) is 7.36. The molecule has 0 atom stereocenters. The van der Waals surface area contributed by atoms with Crippen molar-refractivity contribution in [3.63, 3.8) is 0 Å². The molecule has 1 saturated carbocycles. The van der Waals surface area contributed by atoms with Gasteiger partial charge in [-0.2, -0.15) is 0 Å². The van der Waals surface area contributed by atoms with Gasteiger partial charge in [-0.15, -0.1) is 5.10 Å². The Labute approximate surface area is 131 Å². The number of nitrogens with zero attached hydrogens (tertiary/aromatic N) is 5. The molecule has 1 aliphatic rings. The van der Waals surface area contributed by atoms with E-state index < -0.39 is 0 Å². The Balaban J connectivity index is 1.38. The molecule has 116 valence electrons. The summed E-state index contributed by atoms with van der Waals surface area (Å²) in [5.41, 5.74) is 1.75. The summed E-state index contributed by atoms with van der Waals surface area (Å²) in [5.74, 6) is 0.942. The van der Waals surface area contributed by atoms with Crippen LogP contribution in [-0.4, -0.2) is 31.0 Å². The third-order valence-electron chi connectivity index (χ3n) is 3.62. The highest BCUT2D eigenvalue weighted by molar-refractivity contribution is 5.92. The predicted octanol–water partition coefficient (Wildman–Crippen LogP) is 1.46. The number of nitrogens with one attached hydrogen (secondary N) is 1. The minimum atomic E-state index is -0.281. The Morgan fingerprint density at radius 2 is 2.35 bits per heavy atom. The zero-order chi connectivity index (χ0) is 15.6. The quantitative estimate of drug-likeness (QED) is 0.766. The lowest BCUT2D eigenvalue weighted by atomic mass is 10.3. The first kappa shape index (κ1) is 13.6. The van der Waals surface area contributed by atoms with Crippen LogP contribution in [0.1, 0.15) is 40.7 Å². The lowest BCUT2D eigenvalue weighted by Crippen LogP contribution is -2.23. The number of aromatic nitrogens is 5. The normalized spacial score (nSPS) is 13.9. The molecule has 1 amide bonds. The van der Waals surface area contributed by atoms with Gasteiger partial charge in [0.25, 0.3) is 5.91 Å². The topological polar surface area (TPSA) is 98.7 Å². The number of carbonyl (C=O) groups excluding carboxylic acids is 1. The molecular weight excluding hydrogens is 296 g/mol. The summed E-state index contributed by atoms with van der Waals surface area (Å²) in [4.78, 5) is 16.1. The maximum Gasteiger partial charge on any atom is 0.273 e. The highest BCUT2D eigenvalue weighted by atomic mass is 16.5. The number of carbonyl (C=O) groups is 1. The van der Waals surface area contributed by atoms with Crippen LogP contribution >= 0.6 is 0 Å². The van der Waals surface area contributed by atoms with Crippen molar-refractivity contribution in [3.8, 4) is 5.69 Å². The van der Waals surface area contributed by atoms with Gasteiger partial charge >= 0.3 is 0 Å². The summed E-state index contributed by atoms with van der Waals surface area (Å²) in [6, 6.07) is 5.40. The van der Waals surface area contributed by atoms with Crippen molar-refractivity contribution in [3.05, 3.63) is 53.9 Å². The van der Waals surface area contributed by atoms with E-state index in [9.17, 15) is 4.79 Å². The van der Waals surface area contributed by atoms with Crippen molar-refractivity contribution < 1.29 is 9.32 Å². The van der Waals surface area contributed by atoms with Gasteiger partial charge in [0.05, 0.1) is 24.6 Å². The molecule has 3 aromatic heterocycles. The Morgan fingerprint density at radius 1 is 1.43 bits per heavy atom. The van der Waals surface area contributed by atoms with Gasteiger partial charge < -0.3 is 9.84 Å². The first-order chi connectivity index (χ1) is 11.3. The van der Waals surface area contributed by atoms with E-state index in [-0.39, 0.29) is 12.5 Å². The van der Waals surface area contributed by atoms with Gasteiger partial charge in [0, 0.05) is 18.2 Å². The van der Waals surface area contributed by atoms with Crippen LogP contribution in [0, 0.1) is 0 Å². The van der Waals surface area contributed by atoms with Gasteiger partial charge in [0.1, 0.15) is 11.5 Å². The summed E-state index contributed by atoms with van der Waals surface area (Å²) in [6.07, 6.45) is 7.33. The van der Waals surface area contributed by atoms with Crippen LogP contribution in [0.2, 0.25) is 0 Å². The summed E-state index contributed by atoms with van der Waals surface area (Å²) in [6.45, 7) is 0.269. The molecule has 8 heteroatoms. The van der Waals surface area contributed by atoms with Gasteiger partial charge in [0.15, 0.2) is 5.69 Å². The average molecular weight is 310 g/mol. The summed E-state index contributed by atoms with van der Waals surface area (Å²) < 4.78 is 6.78. The highest BCUT2D eigenvalue weighted by Gasteiger charge is 2.28. The van der Waals surface area contributed by atoms with Crippen LogP contribution in [-0.2, 0) is 6.54 Å². The fourth-order valence-corrected chi connectivity index (χ4v) is 2.21. The Hall–Kier alpha value is -3.03. The lowest BCUT2D eigenvalue weighted by molar-refractivity contribution is 0.0941. The number of hydrogen-bond acceptors (Lipinski definition) is 6. The minimum absolute atomic E-state index is 0.269. The monoisotopic (exact) mass is 310 g/mol. The maximum atomic E-state index is 12.1. The van der Waals surface area contributed by atoms with E-state index in [0.717, 1.165) is 24.3 Å². The van der Waals surface area contributed by atoms with E-state index in [4.69, 9.17) is 4.52 Å². The van der Waals surface area contributed by atoms with Crippen LogP contribution in [0.15, 0.2) is 41.3 Å². The van der Waals surface area contributed by atoms with E-state index >= 15 is 0 Å². The Kier molecular flexibility index (Phi) is 3.34. The lowest BCUT2D eigenvalue weighted by Gasteiger charge is -1.99. The molecule has 0 aromatic carbocycles. The predicted molar refractivity (Wildman–Crippen MR) is 78.8 cm³/mol. The van der Waals surface area contributed by atoms with Crippen LogP contribution in [0.5, 0.6) is 0 Å². The summed E-state index contributed by atoms with van der Waals surface area (Å²) >= 11 is 0. The fourth-order valence-electron chi connectivity index (χ4n) is 2.21. The number of amides is 1. The molecule has 8 nitrogen and oxygen atoms in total. The van der Waals surface area contributed by atoms with Crippen molar-refractivity contribution in [1.82, 2.24) is 30.5 Å². The molecule has 0 spiro atoms. The molecule has 4 rings (SSSR count). The van der Waals surface area contributed by atoms with Gasteiger partial charge in [-0.25, -0.2) is 4.68 Å². The number of hydrogen-bond donors (Lipinski definition) is 1. The molecule has 0 bridgehead atoms. The van der Waals surface area contributed by atoms with E-state index in [1.54, 1.807) is 29.3 Å². The minimum Gasteiger partial charge on any atom is -0.360 e. The largest absolute Gasteiger partial charge is 0.360 e. The van der Waals surface area contributed by atoms with Crippen LogP contribution in [0.25, 0.3) is 5.69 Å². The van der Waals surface area contributed by atoms with Crippen LogP contribution in [0.3, 0.4) is 0 Å². The first-order valence-corrected chi connectivity index (χ1v) is 7.36. The van der Waals surface area contributed by atoms with E-state index in [1.807, 2.05) is 12.1 Å². The fraction of sp³-hybridized carbons (Fsp3) is 0.267. The third-order valence-corrected chi connectivity index (χ3v) is 3.62. The second-order valence-electron chi connectivity index (χ2n) is 5.44. The van der Waals surface area contributed by atoms with Gasteiger partial charge in [-0.05, 0) is 25.0 Å². The summed E-state index contributed by atoms with van der Waals surface area (Å²) in [5, 5.41) is 14.6.